The average Bonchev–Trinajstić information content (AvgIpc) is 2.80. The molecule has 0 amide bonds. The van der Waals surface area contributed by atoms with Gasteiger partial charge in [-0.2, -0.15) is 11.8 Å². The number of rotatable bonds is 5. The highest BCUT2D eigenvalue weighted by Crippen LogP contribution is 2.57. The van der Waals surface area contributed by atoms with Crippen molar-refractivity contribution in [2.24, 2.45) is 5.92 Å². The Morgan fingerprint density at radius 3 is 2.32 bits per heavy atom. The van der Waals surface area contributed by atoms with Gasteiger partial charge in [0.15, 0.2) is 0 Å². The molecule has 0 radical (unpaired) electrons. The molecule has 5 atom stereocenters. The van der Waals surface area contributed by atoms with Crippen molar-refractivity contribution in [3.05, 3.63) is 0 Å². The van der Waals surface area contributed by atoms with E-state index >= 15 is 0 Å². The summed E-state index contributed by atoms with van der Waals surface area (Å²) in [5.74, 6) is 1.51. The van der Waals surface area contributed by atoms with Gasteiger partial charge >= 0.3 is 0 Å². The predicted molar refractivity (Wildman–Crippen MR) is 114 cm³/mol. The second kappa shape index (κ2) is 9.55. The summed E-state index contributed by atoms with van der Waals surface area (Å²) >= 11 is 2.14. The number of hydrogen-bond donors (Lipinski definition) is 0. The van der Waals surface area contributed by atoms with Gasteiger partial charge in [-0.05, 0) is 57.1 Å². The van der Waals surface area contributed by atoms with Crippen LogP contribution >= 0.6 is 11.8 Å². The van der Waals surface area contributed by atoms with Crippen LogP contribution in [-0.2, 0) is 18.9 Å². The van der Waals surface area contributed by atoms with Gasteiger partial charge in [-0.3, -0.25) is 0 Å². The van der Waals surface area contributed by atoms with E-state index in [4.69, 9.17) is 18.9 Å². The lowest BCUT2D eigenvalue weighted by Crippen LogP contribution is -2.73. The molecule has 4 rings (SSSR count). The standard InChI is InChI=1S/C23H40O4S/c1-24-18-12-16-27-23(20-11-5-9-17-28-20,21(18)19-10-4-8-15-26-19)22(25-2)13-6-3-7-14-22/h18-21H,3-17H2,1-2H3. The molecule has 5 heteroatoms. The normalized spacial score (nSPS) is 42.2. The smallest absolute Gasteiger partial charge is 0.117 e. The van der Waals surface area contributed by atoms with E-state index < -0.39 is 0 Å². The Hall–Kier alpha value is 0.190. The molecule has 0 aromatic carbocycles. The van der Waals surface area contributed by atoms with Crippen LogP contribution in [0.25, 0.3) is 0 Å². The maximum absolute atomic E-state index is 7.03. The fourth-order valence-corrected chi connectivity index (χ4v) is 8.39. The molecular weight excluding hydrogens is 372 g/mol. The summed E-state index contributed by atoms with van der Waals surface area (Å²) in [7, 11) is 3.84. The molecule has 4 nitrogen and oxygen atoms in total. The van der Waals surface area contributed by atoms with Gasteiger partial charge in [0.1, 0.15) is 5.60 Å². The molecule has 1 saturated carbocycles. The van der Waals surface area contributed by atoms with Gasteiger partial charge in [0.25, 0.3) is 0 Å². The highest BCUT2D eigenvalue weighted by molar-refractivity contribution is 8.00. The molecule has 0 N–H and O–H groups in total. The van der Waals surface area contributed by atoms with Gasteiger partial charge in [0.05, 0.1) is 24.4 Å². The van der Waals surface area contributed by atoms with E-state index in [1.807, 2.05) is 14.2 Å². The van der Waals surface area contributed by atoms with Crippen molar-refractivity contribution in [2.45, 2.75) is 106 Å². The maximum Gasteiger partial charge on any atom is 0.117 e. The second-order valence-electron chi connectivity index (χ2n) is 9.25. The first-order chi connectivity index (χ1) is 13.8. The molecule has 0 bridgehead atoms. The predicted octanol–water partition coefficient (Wildman–Crippen LogP) is 4.98. The SMILES string of the molecule is COC1CCOC(C2CCCCS2)(C2(OC)CCCCC2)C1C1CCCCO1. The van der Waals surface area contributed by atoms with Crippen LogP contribution in [0.5, 0.6) is 0 Å². The van der Waals surface area contributed by atoms with Crippen molar-refractivity contribution in [3.63, 3.8) is 0 Å². The number of thioether (sulfide) groups is 1. The molecule has 0 aromatic heterocycles. The van der Waals surface area contributed by atoms with Crippen LogP contribution in [-0.4, -0.2) is 61.8 Å². The lowest BCUT2D eigenvalue weighted by atomic mass is 9.59. The van der Waals surface area contributed by atoms with Crippen molar-refractivity contribution in [1.29, 1.82) is 0 Å². The maximum atomic E-state index is 7.03. The second-order valence-corrected chi connectivity index (χ2v) is 10.6. The Morgan fingerprint density at radius 2 is 1.68 bits per heavy atom. The minimum absolute atomic E-state index is 0.202. The molecule has 5 unspecified atom stereocenters. The molecule has 3 saturated heterocycles. The Kier molecular flexibility index (Phi) is 7.31. The summed E-state index contributed by atoms with van der Waals surface area (Å²) in [6.07, 6.45) is 14.9. The first-order valence-corrected chi connectivity index (χ1v) is 12.8. The molecular formula is C23H40O4S. The van der Waals surface area contributed by atoms with E-state index in [1.165, 1.54) is 57.1 Å². The topological polar surface area (TPSA) is 36.9 Å². The molecule has 0 aromatic rings. The van der Waals surface area contributed by atoms with Gasteiger partial charge in [-0.1, -0.05) is 25.7 Å². The largest absolute Gasteiger partial charge is 0.381 e. The molecule has 3 aliphatic heterocycles. The van der Waals surface area contributed by atoms with E-state index in [1.54, 1.807) is 0 Å². The van der Waals surface area contributed by atoms with Gasteiger partial charge in [0, 0.05) is 32.0 Å². The highest BCUT2D eigenvalue weighted by atomic mass is 32.2. The van der Waals surface area contributed by atoms with Crippen molar-refractivity contribution in [2.75, 3.05) is 33.2 Å². The van der Waals surface area contributed by atoms with Crippen LogP contribution in [0, 0.1) is 5.92 Å². The summed E-state index contributed by atoms with van der Waals surface area (Å²) in [5.41, 5.74) is -0.503. The van der Waals surface area contributed by atoms with Crippen LogP contribution in [0.15, 0.2) is 0 Å². The minimum atomic E-state index is -0.297. The van der Waals surface area contributed by atoms with E-state index in [0.717, 1.165) is 38.9 Å². The lowest BCUT2D eigenvalue weighted by molar-refractivity contribution is -0.292. The fraction of sp³-hybridized carbons (Fsp3) is 1.00. The number of hydrogen-bond acceptors (Lipinski definition) is 5. The van der Waals surface area contributed by atoms with Crippen molar-refractivity contribution < 1.29 is 18.9 Å². The van der Waals surface area contributed by atoms with Crippen LogP contribution in [0.1, 0.15) is 77.0 Å². The third-order valence-electron chi connectivity index (χ3n) is 7.98. The zero-order valence-corrected chi connectivity index (χ0v) is 18.8. The third-order valence-corrected chi connectivity index (χ3v) is 9.49. The summed E-state index contributed by atoms with van der Waals surface area (Å²) in [6, 6.07) is 0. The summed E-state index contributed by atoms with van der Waals surface area (Å²) < 4.78 is 26.2. The van der Waals surface area contributed by atoms with Crippen LogP contribution in [0.4, 0.5) is 0 Å². The monoisotopic (exact) mass is 412 g/mol. The fourth-order valence-electron chi connectivity index (χ4n) is 6.72. The van der Waals surface area contributed by atoms with E-state index in [-0.39, 0.29) is 29.3 Å². The first kappa shape index (κ1) is 21.4. The first-order valence-electron chi connectivity index (χ1n) is 11.7. The van der Waals surface area contributed by atoms with Crippen molar-refractivity contribution in [3.8, 4) is 0 Å². The number of methoxy groups -OCH3 is 2. The molecule has 4 aliphatic rings. The average molecular weight is 413 g/mol. The molecule has 3 heterocycles. The minimum Gasteiger partial charge on any atom is -0.381 e. The van der Waals surface area contributed by atoms with Crippen LogP contribution in [0.2, 0.25) is 0 Å². The number of ether oxygens (including phenoxy) is 4. The van der Waals surface area contributed by atoms with Crippen LogP contribution < -0.4 is 0 Å². The van der Waals surface area contributed by atoms with Gasteiger partial charge in [0.2, 0.25) is 0 Å². The van der Waals surface area contributed by atoms with Crippen molar-refractivity contribution >= 4 is 11.8 Å². The van der Waals surface area contributed by atoms with Gasteiger partial charge < -0.3 is 18.9 Å². The van der Waals surface area contributed by atoms with Crippen molar-refractivity contribution in [1.82, 2.24) is 0 Å². The zero-order valence-electron chi connectivity index (χ0n) is 18.0. The molecule has 28 heavy (non-hydrogen) atoms. The summed E-state index contributed by atoms with van der Waals surface area (Å²) in [6.45, 7) is 1.66. The van der Waals surface area contributed by atoms with Gasteiger partial charge in [-0.15, -0.1) is 0 Å². The van der Waals surface area contributed by atoms with E-state index in [2.05, 4.69) is 11.8 Å². The molecule has 0 spiro atoms. The van der Waals surface area contributed by atoms with E-state index in [9.17, 15) is 0 Å². The Morgan fingerprint density at radius 1 is 0.857 bits per heavy atom. The summed E-state index contributed by atoms with van der Waals surface area (Å²) in [5, 5.41) is 0.479. The Balaban J connectivity index is 1.80. The van der Waals surface area contributed by atoms with Crippen LogP contribution in [0.3, 0.4) is 0 Å². The zero-order chi connectivity index (χ0) is 19.5. The Bertz CT molecular complexity index is 483. The molecule has 4 fully saturated rings. The molecule has 1 aliphatic carbocycles. The molecule has 162 valence electrons. The third kappa shape index (κ3) is 3.68. The van der Waals surface area contributed by atoms with Gasteiger partial charge in [-0.25, -0.2) is 0 Å². The quantitative estimate of drug-likeness (QED) is 0.636. The highest BCUT2D eigenvalue weighted by Gasteiger charge is 2.66. The van der Waals surface area contributed by atoms with E-state index in [0.29, 0.717) is 5.25 Å². The summed E-state index contributed by atoms with van der Waals surface area (Å²) in [4.78, 5) is 0. The Labute approximate surface area is 175 Å². The lowest BCUT2D eigenvalue weighted by Gasteiger charge is -2.62.